The molecule has 172 valence electrons. The maximum absolute atomic E-state index is 12.4. The molecule has 0 aliphatic rings. The van der Waals surface area contributed by atoms with E-state index in [1.54, 1.807) is 0 Å². The van der Waals surface area contributed by atoms with Gasteiger partial charge in [-0.15, -0.1) is 0 Å². The molecule has 0 fully saturated rings. The van der Waals surface area contributed by atoms with Crippen molar-refractivity contribution in [1.29, 1.82) is 0 Å². The maximum atomic E-state index is 12.4. The summed E-state index contributed by atoms with van der Waals surface area (Å²) in [4.78, 5) is 12.4. The quantitative estimate of drug-likeness (QED) is 0.320. The van der Waals surface area contributed by atoms with Gasteiger partial charge in [-0.1, -0.05) is 0 Å². The number of aryl methyl sites for hydroxylation is 3. The van der Waals surface area contributed by atoms with Crippen molar-refractivity contribution in [2.75, 3.05) is 0 Å². The number of aliphatic carboxylic acids is 1. The summed E-state index contributed by atoms with van der Waals surface area (Å²) in [6, 6.07) is 33.8. The Bertz CT molecular complexity index is 1170. The Morgan fingerprint density at radius 1 is 0.706 bits per heavy atom. The molecule has 0 bridgehead atoms. The first-order chi connectivity index (χ1) is 16.3. The van der Waals surface area contributed by atoms with Gasteiger partial charge >= 0.3 is 210 Å². The second-order valence-electron chi connectivity index (χ2n) is 9.08. The van der Waals surface area contributed by atoms with E-state index in [4.69, 9.17) is 11.6 Å². The molecule has 0 spiro atoms. The number of halogens is 1. The minimum absolute atomic E-state index is 0.0133. The number of benzene rings is 4. The number of carboxylic acids is 1. The van der Waals surface area contributed by atoms with Gasteiger partial charge in [0, 0.05) is 0 Å². The molecule has 4 aromatic carbocycles. The van der Waals surface area contributed by atoms with Gasteiger partial charge in [0.25, 0.3) is 0 Å². The third-order valence-corrected chi connectivity index (χ3v) is 18.2. The van der Waals surface area contributed by atoms with Crippen molar-refractivity contribution in [3.8, 4) is 0 Å². The van der Waals surface area contributed by atoms with E-state index < -0.39 is 19.2 Å². The van der Waals surface area contributed by atoms with Crippen LogP contribution in [0.2, 0.25) is 5.02 Å². The minimum atomic E-state index is -3.68. The Kier molecular flexibility index (Phi) is 7.30. The molecule has 1 N–H and O–H groups in total. The molecule has 0 heterocycles. The Hall–Kier alpha value is -2.82. The molecule has 0 saturated heterocycles. The van der Waals surface area contributed by atoms with Crippen molar-refractivity contribution in [2.24, 2.45) is 0 Å². The molecule has 4 heteroatoms. The molecule has 1 atom stereocenters. The summed E-state index contributed by atoms with van der Waals surface area (Å²) in [6.45, 7) is 6.25. The molecule has 0 aromatic heterocycles. The molecule has 0 aliphatic carbocycles. The van der Waals surface area contributed by atoms with Crippen molar-refractivity contribution in [2.45, 2.75) is 31.9 Å². The third-order valence-electron chi connectivity index (χ3n) is 6.70. The fourth-order valence-corrected chi connectivity index (χ4v) is 16.9. The van der Waals surface area contributed by atoms with Gasteiger partial charge in [0.05, 0.1) is 0 Å². The molecule has 4 aromatic rings. The molecule has 4 rings (SSSR count). The summed E-state index contributed by atoms with van der Waals surface area (Å²) >= 11 is 3.11. The van der Waals surface area contributed by atoms with Crippen LogP contribution in [0, 0.1) is 20.8 Å². The topological polar surface area (TPSA) is 37.3 Å². The van der Waals surface area contributed by atoms with Crippen LogP contribution in [-0.2, 0) is 4.79 Å². The predicted octanol–water partition coefficient (Wildman–Crippen LogP) is 5.53. The summed E-state index contributed by atoms with van der Waals surface area (Å²) in [6.07, 6.45) is 0.0133. The number of carboxylic acid groups (broad SMARTS) is 1. The Morgan fingerprint density at radius 2 is 1.09 bits per heavy atom. The Labute approximate surface area is 209 Å². The molecule has 2 nitrogen and oxygen atoms in total. The standard InChI is InChI=1S/C30H29ClGeO2/c1-21-8-14-24(15-9-21)32(25-16-10-22(2)11-17-25,26-18-12-23(3)13-19-26)29(20-30(33)34)27-6-4-5-7-28(27)31/h4-19,29H,20H2,1-3H3,(H,33,34). The van der Waals surface area contributed by atoms with Gasteiger partial charge in [0.15, 0.2) is 0 Å². The van der Waals surface area contributed by atoms with Gasteiger partial charge in [0.2, 0.25) is 0 Å². The summed E-state index contributed by atoms with van der Waals surface area (Å²) in [5.41, 5.74) is 4.45. The monoisotopic (exact) mass is 530 g/mol. The van der Waals surface area contributed by atoms with E-state index in [-0.39, 0.29) is 11.2 Å². The van der Waals surface area contributed by atoms with Crippen LogP contribution >= 0.6 is 11.6 Å². The molecule has 0 saturated carbocycles. The molecule has 34 heavy (non-hydrogen) atoms. The normalized spacial score (nSPS) is 12.4. The van der Waals surface area contributed by atoms with Crippen molar-refractivity contribution in [3.05, 3.63) is 124 Å². The van der Waals surface area contributed by atoms with Crippen LogP contribution in [0.4, 0.5) is 0 Å². The average Bonchev–Trinajstić information content (AvgIpc) is 2.82. The van der Waals surface area contributed by atoms with Crippen molar-refractivity contribution >= 4 is 44.0 Å². The molecular formula is C30H29ClGeO2. The van der Waals surface area contributed by atoms with E-state index in [1.807, 2.05) is 24.3 Å². The van der Waals surface area contributed by atoms with Crippen molar-refractivity contribution < 1.29 is 9.90 Å². The van der Waals surface area contributed by atoms with Gasteiger partial charge in [-0.05, 0) is 0 Å². The van der Waals surface area contributed by atoms with E-state index in [9.17, 15) is 9.90 Å². The van der Waals surface area contributed by atoms with Crippen LogP contribution < -0.4 is 13.2 Å². The van der Waals surface area contributed by atoms with Crippen LogP contribution in [-0.4, -0.2) is 24.3 Å². The fraction of sp³-hybridized carbons (Fsp3) is 0.167. The van der Waals surface area contributed by atoms with Crippen LogP contribution in [0.25, 0.3) is 0 Å². The van der Waals surface area contributed by atoms with E-state index in [2.05, 4.69) is 93.6 Å². The zero-order valence-corrected chi connectivity index (χ0v) is 22.6. The summed E-state index contributed by atoms with van der Waals surface area (Å²) < 4.78 is 3.43. The summed E-state index contributed by atoms with van der Waals surface area (Å²) in [7, 11) is 0. The molecule has 0 amide bonds. The first-order valence-corrected chi connectivity index (χ1v) is 16.2. The SMILES string of the molecule is Cc1cc[c]([Ge]([c]2ccc(C)cc2)([c]2ccc(C)cc2)[CH](CC(=O)O)c2ccccc2Cl)cc1. The zero-order chi connectivity index (χ0) is 24.3. The second-order valence-corrected chi connectivity index (χ2v) is 18.0. The van der Waals surface area contributed by atoms with E-state index in [0.29, 0.717) is 5.02 Å². The van der Waals surface area contributed by atoms with Crippen LogP contribution in [0.1, 0.15) is 33.4 Å². The van der Waals surface area contributed by atoms with Gasteiger partial charge in [-0.2, -0.15) is 0 Å². The Balaban J connectivity index is 2.16. The molecule has 0 aliphatic heterocycles. The zero-order valence-electron chi connectivity index (χ0n) is 19.8. The first-order valence-electron chi connectivity index (χ1n) is 11.5. The Morgan fingerprint density at radius 3 is 1.44 bits per heavy atom. The van der Waals surface area contributed by atoms with Gasteiger partial charge < -0.3 is 0 Å². The van der Waals surface area contributed by atoms with E-state index >= 15 is 0 Å². The fourth-order valence-electron chi connectivity index (χ4n) is 4.98. The first kappa shape index (κ1) is 24.3. The van der Waals surface area contributed by atoms with Crippen molar-refractivity contribution in [1.82, 2.24) is 0 Å². The van der Waals surface area contributed by atoms with Crippen LogP contribution in [0.3, 0.4) is 0 Å². The molecule has 0 radical (unpaired) electrons. The number of hydrogen-bond acceptors (Lipinski definition) is 1. The molecular weight excluding hydrogens is 500 g/mol. The van der Waals surface area contributed by atoms with Gasteiger partial charge in [-0.25, -0.2) is 0 Å². The number of carbonyl (C=O) groups is 1. The second kappa shape index (κ2) is 10.2. The molecule has 1 unspecified atom stereocenters. The predicted molar refractivity (Wildman–Crippen MR) is 145 cm³/mol. The third kappa shape index (κ3) is 4.71. The summed E-state index contributed by atoms with van der Waals surface area (Å²) in [5.74, 6) is -0.814. The van der Waals surface area contributed by atoms with Crippen LogP contribution in [0.5, 0.6) is 0 Å². The van der Waals surface area contributed by atoms with Crippen molar-refractivity contribution in [3.63, 3.8) is 0 Å². The van der Waals surface area contributed by atoms with E-state index in [0.717, 1.165) is 5.56 Å². The number of rotatable bonds is 7. The van der Waals surface area contributed by atoms with Crippen LogP contribution in [0.15, 0.2) is 97.1 Å². The number of hydrogen-bond donors (Lipinski definition) is 1. The van der Waals surface area contributed by atoms with E-state index in [1.165, 1.54) is 29.9 Å². The van der Waals surface area contributed by atoms with Gasteiger partial charge in [0.1, 0.15) is 0 Å². The summed E-state index contributed by atoms with van der Waals surface area (Å²) in [5, 5.41) is 10.8. The van der Waals surface area contributed by atoms with Gasteiger partial charge in [-0.3, -0.25) is 0 Å². The average molecular weight is 530 g/mol.